The number of para-hydroxylation sites is 1. The second kappa shape index (κ2) is 8.00. The molecule has 34 heavy (non-hydrogen) atoms. The van der Waals surface area contributed by atoms with Crippen LogP contribution in [0.5, 0.6) is 0 Å². The van der Waals surface area contributed by atoms with E-state index in [4.69, 9.17) is 4.74 Å². The Morgan fingerprint density at radius 3 is 1.76 bits per heavy atom. The Bertz CT molecular complexity index is 1380. The van der Waals surface area contributed by atoms with Crippen molar-refractivity contribution >= 4 is 10.9 Å². The minimum Gasteiger partial charge on any atom is -0.350 e. The van der Waals surface area contributed by atoms with Gasteiger partial charge in [0.15, 0.2) is 0 Å². The van der Waals surface area contributed by atoms with Crippen molar-refractivity contribution in [3.05, 3.63) is 144 Å². The summed E-state index contributed by atoms with van der Waals surface area (Å²) in [7, 11) is 2.13. The summed E-state index contributed by atoms with van der Waals surface area (Å²) in [6, 6.07) is 41.0. The van der Waals surface area contributed by atoms with Gasteiger partial charge in [-0.2, -0.15) is 0 Å². The summed E-state index contributed by atoms with van der Waals surface area (Å²) in [4.78, 5) is 0. The van der Waals surface area contributed by atoms with Gasteiger partial charge >= 0.3 is 0 Å². The molecular formula is C32H29NO. The zero-order valence-corrected chi connectivity index (χ0v) is 19.7. The van der Waals surface area contributed by atoms with Gasteiger partial charge in [-0.25, -0.2) is 0 Å². The highest BCUT2D eigenvalue weighted by Gasteiger charge is 2.57. The Hall–Kier alpha value is -3.62. The number of ether oxygens (including phenoxy) is 1. The number of fused-ring (bicyclic) bond motifs is 1. The molecule has 1 aliphatic rings. The lowest BCUT2D eigenvalue weighted by molar-refractivity contribution is -0.0763. The van der Waals surface area contributed by atoms with Crippen molar-refractivity contribution in [3.63, 3.8) is 0 Å². The quantitative estimate of drug-likeness (QED) is 0.282. The first-order valence-electron chi connectivity index (χ1n) is 12.1. The molecule has 1 fully saturated rings. The van der Waals surface area contributed by atoms with Gasteiger partial charge in [-0.1, -0.05) is 116 Å². The molecule has 4 aromatic carbocycles. The molecule has 0 N–H and O–H groups in total. The third-order valence-electron chi connectivity index (χ3n) is 7.60. The fourth-order valence-electron chi connectivity index (χ4n) is 6.09. The van der Waals surface area contributed by atoms with Crippen LogP contribution in [0, 0.1) is 5.92 Å². The molecule has 6 rings (SSSR count). The number of hydrogen-bond acceptors (Lipinski definition) is 1. The molecule has 2 unspecified atom stereocenters. The van der Waals surface area contributed by atoms with Gasteiger partial charge in [0, 0.05) is 29.7 Å². The average Bonchev–Trinajstić information content (AvgIpc) is 3.42. The molecule has 0 spiro atoms. The van der Waals surface area contributed by atoms with Gasteiger partial charge in [0.2, 0.25) is 0 Å². The van der Waals surface area contributed by atoms with Crippen LogP contribution in [0.3, 0.4) is 0 Å². The van der Waals surface area contributed by atoms with Crippen LogP contribution >= 0.6 is 0 Å². The molecule has 0 radical (unpaired) electrons. The number of nitrogens with zero attached hydrogens (tertiary/aromatic N) is 1. The average molecular weight is 444 g/mol. The van der Waals surface area contributed by atoms with E-state index in [1.54, 1.807) is 0 Å². The summed E-state index contributed by atoms with van der Waals surface area (Å²) in [5, 5.41) is 1.25. The van der Waals surface area contributed by atoms with Gasteiger partial charge in [0.05, 0.1) is 0 Å². The first-order valence-corrected chi connectivity index (χ1v) is 12.1. The van der Waals surface area contributed by atoms with E-state index < -0.39 is 11.2 Å². The van der Waals surface area contributed by atoms with Crippen molar-refractivity contribution in [2.24, 2.45) is 13.0 Å². The second-order valence-electron chi connectivity index (χ2n) is 9.54. The molecule has 0 saturated carbocycles. The van der Waals surface area contributed by atoms with E-state index in [-0.39, 0.29) is 5.92 Å². The minimum atomic E-state index is -0.576. The Balaban J connectivity index is 1.66. The molecule has 2 heteroatoms. The van der Waals surface area contributed by atoms with Gasteiger partial charge in [-0.15, -0.1) is 0 Å². The van der Waals surface area contributed by atoms with Gasteiger partial charge in [0.25, 0.3) is 0 Å². The van der Waals surface area contributed by atoms with E-state index >= 15 is 0 Å². The Labute approximate surface area is 201 Å². The minimum absolute atomic E-state index is 0.247. The molecule has 0 bridgehead atoms. The lowest BCUT2D eigenvalue weighted by Gasteiger charge is -2.38. The second-order valence-corrected chi connectivity index (χ2v) is 9.54. The molecule has 1 aromatic heterocycles. The summed E-state index contributed by atoms with van der Waals surface area (Å²) >= 11 is 0. The highest BCUT2D eigenvalue weighted by molar-refractivity contribution is 5.85. The SMILES string of the molecule is CC1CC(c2ccccc2)(c2cn(C)c3ccccc23)OC1(c1ccccc1)c1ccccc1. The van der Waals surface area contributed by atoms with Crippen molar-refractivity contribution in [2.45, 2.75) is 24.5 Å². The van der Waals surface area contributed by atoms with Crippen molar-refractivity contribution in [1.82, 2.24) is 4.57 Å². The van der Waals surface area contributed by atoms with Crippen LogP contribution in [0.4, 0.5) is 0 Å². The summed E-state index contributed by atoms with van der Waals surface area (Å²) in [6.45, 7) is 2.34. The van der Waals surface area contributed by atoms with Gasteiger partial charge in [-0.05, 0) is 35.1 Å². The van der Waals surface area contributed by atoms with E-state index in [1.807, 2.05) is 0 Å². The van der Waals surface area contributed by atoms with E-state index in [0.29, 0.717) is 0 Å². The molecule has 168 valence electrons. The largest absolute Gasteiger partial charge is 0.350 e. The smallest absolute Gasteiger partial charge is 0.122 e. The van der Waals surface area contributed by atoms with Crippen molar-refractivity contribution in [1.29, 1.82) is 0 Å². The van der Waals surface area contributed by atoms with Crippen LogP contribution in [0.1, 0.15) is 35.6 Å². The van der Waals surface area contributed by atoms with Crippen LogP contribution in [0.15, 0.2) is 121 Å². The van der Waals surface area contributed by atoms with Crippen molar-refractivity contribution in [3.8, 4) is 0 Å². The standard InChI is InChI=1S/C32H29NO/c1-24-22-31(25-14-6-3-7-15-25,29-23-33(2)30-21-13-12-20-28(29)30)34-32(24,26-16-8-4-9-17-26)27-18-10-5-11-19-27/h3-21,23-24H,22H2,1-2H3. The molecule has 0 aliphatic carbocycles. The van der Waals surface area contributed by atoms with E-state index in [2.05, 4.69) is 140 Å². The van der Waals surface area contributed by atoms with Crippen LogP contribution in [-0.2, 0) is 23.0 Å². The van der Waals surface area contributed by atoms with Crippen LogP contribution < -0.4 is 0 Å². The summed E-state index contributed by atoms with van der Waals surface area (Å²) in [5.74, 6) is 0.247. The molecule has 2 nitrogen and oxygen atoms in total. The number of hydrogen-bond donors (Lipinski definition) is 0. The Morgan fingerprint density at radius 1 is 0.676 bits per heavy atom. The Morgan fingerprint density at radius 2 is 1.18 bits per heavy atom. The molecule has 1 saturated heterocycles. The number of aryl methyl sites for hydroxylation is 1. The number of aromatic nitrogens is 1. The first-order chi connectivity index (χ1) is 16.6. The molecule has 1 aliphatic heterocycles. The molecular weight excluding hydrogens is 414 g/mol. The molecule has 2 atom stereocenters. The third-order valence-corrected chi connectivity index (χ3v) is 7.60. The topological polar surface area (TPSA) is 14.2 Å². The fourth-order valence-corrected chi connectivity index (χ4v) is 6.09. The summed E-state index contributed by atoms with van der Waals surface area (Å²) in [6.07, 6.45) is 3.16. The fraction of sp³-hybridized carbons (Fsp3) is 0.188. The monoisotopic (exact) mass is 443 g/mol. The molecule has 5 aromatic rings. The van der Waals surface area contributed by atoms with Crippen LogP contribution in [0.2, 0.25) is 0 Å². The van der Waals surface area contributed by atoms with Crippen molar-refractivity contribution in [2.75, 3.05) is 0 Å². The lowest BCUT2D eigenvalue weighted by atomic mass is 9.74. The highest BCUT2D eigenvalue weighted by Crippen LogP contribution is 2.59. The van der Waals surface area contributed by atoms with E-state index in [9.17, 15) is 0 Å². The summed E-state index contributed by atoms with van der Waals surface area (Å²) < 4.78 is 9.83. The Kier molecular flexibility index (Phi) is 4.93. The highest BCUT2D eigenvalue weighted by atomic mass is 16.5. The van der Waals surface area contributed by atoms with Gasteiger partial charge in [-0.3, -0.25) is 0 Å². The lowest BCUT2D eigenvalue weighted by Crippen LogP contribution is -2.36. The number of rotatable bonds is 4. The predicted octanol–water partition coefficient (Wildman–Crippen LogP) is 7.42. The van der Waals surface area contributed by atoms with Crippen LogP contribution in [0.25, 0.3) is 10.9 Å². The maximum absolute atomic E-state index is 7.60. The molecule has 0 amide bonds. The summed E-state index contributed by atoms with van der Waals surface area (Å²) in [5.41, 5.74) is 4.92. The van der Waals surface area contributed by atoms with Crippen LogP contribution in [-0.4, -0.2) is 4.57 Å². The maximum atomic E-state index is 7.60. The zero-order valence-electron chi connectivity index (χ0n) is 19.7. The predicted molar refractivity (Wildman–Crippen MR) is 139 cm³/mol. The maximum Gasteiger partial charge on any atom is 0.122 e. The molecule has 2 heterocycles. The van der Waals surface area contributed by atoms with Gasteiger partial charge < -0.3 is 9.30 Å². The van der Waals surface area contributed by atoms with Gasteiger partial charge in [0.1, 0.15) is 11.2 Å². The third kappa shape index (κ3) is 2.99. The number of benzene rings is 4. The van der Waals surface area contributed by atoms with E-state index in [0.717, 1.165) is 6.42 Å². The first kappa shape index (κ1) is 20.9. The zero-order chi connectivity index (χ0) is 23.2. The van der Waals surface area contributed by atoms with E-state index in [1.165, 1.54) is 33.2 Å². The normalized spacial score (nSPS) is 21.6. The van der Waals surface area contributed by atoms with Crippen molar-refractivity contribution < 1.29 is 4.74 Å².